The fraction of sp³-hybridized carbons (Fsp3) is 0.647. The van der Waals surface area contributed by atoms with Crippen LogP contribution in [0.3, 0.4) is 0 Å². The van der Waals surface area contributed by atoms with Crippen LogP contribution in [0.25, 0.3) is 0 Å². The fourth-order valence-corrected chi connectivity index (χ4v) is 2.60. The summed E-state index contributed by atoms with van der Waals surface area (Å²) in [5.41, 5.74) is 0. The van der Waals surface area contributed by atoms with Crippen LogP contribution in [0, 0.1) is 0 Å². The van der Waals surface area contributed by atoms with Crippen molar-refractivity contribution in [1.82, 2.24) is 5.32 Å². The Hall–Kier alpha value is -1.30. The van der Waals surface area contributed by atoms with E-state index < -0.39 is 6.10 Å². The third kappa shape index (κ3) is 5.83. The normalized spacial score (nSPS) is 16.6. The molecule has 1 saturated carbocycles. The van der Waals surface area contributed by atoms with Gasteiger partial charge in [-0.15, -0.1) is 0 Å². The van der Waals surface area contributed by atoms with Crippen molar-refractivity contribution in [2.24, 2.45) is 0 Å². The van der Waals surface area contributed by atoms with Gasteiger partial charge >= 0.3 is 0 Å². The summed E-state index contributed by atoms with van der Waals surface area (Å²) in [5.74, 6) is 1.46. The molecule has 1 aromatic carbocycles. The van der Waals surface area contributed by atoms with Crippen molar-refractivity contribution >= 4 is 0 Å². The van der Waals surface area contributed by atoms with Crippen LogP contribution in [-0.4, -0.2) is 50.7 Å². The molecule has 1 aromatic rings. The van der Waals surface area contributed by atoms with Crippen molar-refractivity contribution < 1.29 is 19.3 Å². The van der Waals surface area contributed by atoms with Crippen LogP contribution in [-0.2, 0) is 4.74 Å². The van der Waals surface area contributed by atoms with Gasteiger partial charge in [0.05, 0.1) is 25.9 Å². The molecule has 0 amide bonds. The predicted molar refractivity (Wildman–Crippen MR) is 85.6 cm³/mol. The highest BCUT2D eigenvalue weighted by Gasteiger charge is 2.16. The Balaban J connectivity index is 1.53. The van der Waals surface area contributed by atoms with Crippen LogP contribution in [0.4, 0.5) is 0 Å². The number of ether oxygens (including phenoxy) is 3. The summed E-state index contributed by atoms with van der Waals surface area (Å²) in [4.78, 5) is 0. The molecule has 0 spiro atoms. The molecule has 2 rings (SSSR count). The van der Waals surface area contributed by atoms with E-state index in [1.165, 1.54) is 12.8 Å². The predicted octanol–water partition coefficient (Wildman–Crippen LogP) is 1.98. The van der Waals surface area contributed by atoms with E-state index in [4.69, 9.17) is 14.2 Å². The van der Waals surface area contributed by atoms with Gasteiger partial charge in [0.25, 0.3) is 0 Å². The topological polar surface area (TPSA) is 60.0 Å². The van der Waals surface area contributed by atoms with E-state index in [-0.39, 0.29) is 0 Å². The van der Waals surface area contributed by atoms with Gasteiger partial charge in [-0.05, 0) is 25.0 Å². The monoisotopic (exact) mass is 309 g/mol. The second-order valence-electron chi connectivity index (χ2n) is 5.60. The first-order chi connectivity index (χ1) is 10.8. The number of rotatable bonds is 10. The molecule has 1 aliphatic rings. The lowest BCUT2D eigenvalue weighted by Gasteiger charge is -2.16. The summed E-state index contributed by atoms with van der Waals surface area (Å²) in [6.07, 6.45) is 4.65. The molecule has 0 unspecified atom stereocenters. The van der Waals surface area contributed by atoms with Gasteiger partial charge in [0.2, 0.25) is 0 Å². The zero-order chi connectivity index (χ0) is 15.6. The second kappa shape index (κ2) is 9.66. The van der Waals surface area contributed by atoms with Crippen LogP contribution in [0.1, 0.15) is 25.7 Å². The first-order valence-electron chi connectivity index (χ1n) is 8.06. The molecule has 5 nitrogen and oxygen atoms in total. The molecule has 124 valence electrons. The molecule has 1 aliphatic carbocycles. The van der Waals surface area contributed by atoms with Crippen molar-refractivity contribution in [2.75, 3.05) is 33.4 Å². The average molecular weight is 309 g/mol. The van der Waals surface area contributed by atoms with E-state index in [0.29, 0.717) is 32.4 Å². The van der Waals surface area contributed by atoms with Crippen LogP contribution in [0.15, 0.2) is 24.3 Å². The van der Waals surface area contributed by atoms with Gasteiger partial charge in [0.15, 0.2) is 11.5 Å². The quantitative estimate of drug-likeness (QED) is 0.647. The Bertz CT molecular complexity index is 421. The van der Waals surface area contributed by atoms with Crippen LogP contribution in [0.2, 0.25) is 0 Å². The Morgan fingerprint density at radius 1 is 1.23 bits per heavy atom. The highest BCUT2D eigenvalue weighted by molar-refractivity contribution is 5.39. The van der Waals surface area contributed by atoms with E-state index in [1.54, 1.807) is 7.11 Å². The number of para-hydroxylation sites is 2. The molecule has 2 N–H and O–H groups in total. The van der Waals surface area contributed by atoms with Gasteiger partial charge in [-0.3, -0.25) is 0 Å². The average Bonchev–Trinajstić information content (AvgIpc) is 3.06. The van der Waals surface area contributed by atoms with E-state index in [2.05, 4.69) is 5.32 Å². The molecular weight excluding hydrogens is 282 g/mol. The largest absolute Gasteiger partial charge is 0.493 e. The van der Waals surface area contributed by atoms with Gasteiger partial charge in [-0.1, -0.05) is 25.0 Å². The van der Waals surface area contributed by atoms with Crippen LogP contribution < -0.4 is 14.8 Å². The van der Waals surface area contributed by atoms with Crippen molar-refractivity contribution in [3.8, 4) is 11.5 Å². The number of benzene rings is 1. The lowest BCUT2D eigenvalue weighted by Crippen LogP contribution is -2.33. The van der Waals surface area contributed by atoms with Crippen molar-refractivity contribution in [1.29, 1.82) is 0 Å². The first kappa shape index (κ1) is 17.1. The minimum Gasteiger partial charge on any atom is -0.493 e. The third-order valence-corrected chi connectivity index (χ3v) is 3.81. The fourth-order valence-electron chi connectivity index (χ4n) is 2.60. The van der Waals surface area contributed by atoms with E-state index in [9.17, 15) is 5.11 Å². The molecule has 22 heavy (non-hydrogen) atoms. The number of methoxy groups -OCH3 is 1. The molecule has 0 aliphatic heterocycles. The number of nitrogens with one attached hydrogen (secondary N) is 1. The Morgan fingerprint density at radius 3 is 2.68 bits per heavy atom. The lowest BCUT2D eigenvalue weighted by molar-refractivity contribution is -0.00553. The maximum atomic E-state index is 9.86. The van der Waals surface area contributed by atoms with E-state index in [1.807, 2.05) is 24.3 Å². The minimum absolute atomic E-state index is 0.350. The Labute approximate surface area is 132 Å². The smallest absolute Gasteiger partial charge is 0.161 e. The number of hydrogen-bond donors (Lipinski definition) is 2. The lowest BCUT2D eigenvalue weighted by atomic mass is 10.3. The molecule has 0 bridgehead atoms. The Kier molecular flexibility index (Phi) is 7.49. The summed E-state index contributed by atoms with van der Waals surface area (Å²) in [6, 6.07) is 7.57. The molecule has 0 heterocycles. The first-order valence-corrected chi connectivity index (χ1v) is 8.06. The van der Waals surface area contributed by atoms with Crippen molar-refractivity contribution in [3.63, 3.8) is 0 Å². The number of hydrogen-bond acceptors (Lipinski definition) is 5. The molecule has 0 radical (unpaired) electrons. The van der Waals surface area contributed by atoms with Gasteiger partial charge in [-0.25, -0.2) is 0 Å². The highest BCUT2D eigenvalue weighted by atomic mass is 16.5. The van der Waals surface area contributed by atoms with Gasteiger partial charge in [0, 0.05) is 13.1 Å². The minimum atomic E-state index is -0.466. The molecule has 1 fully saturated rings. The highest BCUT2D eigenvalue weighted by Crippen LogP contribution is 2.25. The molecule has 5 heteroatoms. The zero-order valence-corrected chi connectivity index (χ0v) is 13.3. The maximum absolute atomic E-state index is 9.86. The summed E-state index contributed by atoms with van der Waals surface area (Å²) in [6.45, 7) is 2.11. The molecular formula is C17H27NO4. The molecule has 1 atom stereocenters. The zero-order valence-electron chi connectivity index (χ0n) is 13.3. The van der Waals surface area contributed by atoms with Crippen LogP contribution >= 0.6 is 0 Å². The summed E-state index contributed by atoms with van der Waals surface area (Å²) in [5, 5.41) is 13.0. The summed E-state index contributed by atoms with van der Waals surface area (Å²) < 4.78 is 16.6. The molecule has 0 aromatic heterocycles. The van der Waals surface area contributed by atoms with Gasteiger partial charge in [0.1, 0.15) is 6.61 Å². The molecule has 0 saturated heterocycles. The SMILES string of the molecule is COc1ccccc1OCCNC[C@H](O)COC1CCCC1. The third-order valence-electron chi connectivity index (χ3n) is 3.81. The van der Waals surface area contributed by atoms with Crippen LogP contribution in [0.5, 0.6) is 11.5 Å². The maximum Gasteiger partial charge on any atom is 0.161 e. The van der Waals surface area contributed by atoms with Crippen molar-refractivity contribution in [2.45, 2.75) is 37.9 Å². The summed E-state index contributed by atoms with van der Waals surface area (Å²) >= 11 is 0. The number of aliphatic hydroxyl groups is 1. The van der Waals surface area contributed by atoms with E-state index in [0.717, 1.165) is 24.3 Å². The van der Waals surface area contributed by atoms with Gasteiger partial charge in [-0.2, -0.15) is 0 Å². The number of aliphatic hydroxyl groups excluding tert-OH is 1. The van der Waals surface area contributed by atoms with Gasteiger partial charge < -0.3 is 24.6 Å². The Morgan fingerprint density at radius 2 is 1.95 bits per heavy atom. The van der Waals surface area contributed by atoms with Crippen molar-refractivity contribution in [3.05, 3.63) is 24.3 Å². The summed E-state index contributed by atoms with van der Waals surface area (Å²) in [7, 11) is 1.63. The van der Waals surface area contributed by atoms with E-state index >= 15 is 0 Å². The second-order valence-corrected chi connectivity index (χ2v) is 5.60. The standard InChI is InChI=1S/C17H27NO4/c1-20-16-8-4-5-9-17(16)21-11-10-18-12-14(19)13-22-15-6-2-3-7-15/h4-5,8-9,14-15,18-19H,2-3,6-7,10-13H2,1H3/t14-/m0/s1.